The smallest absolute Gasteiger partial charge is 0.162 e. The molecule has 23 heavy (non-hydrogen) atoms. The Morgan fingerprint density at radius 3 is 2.61 bits per heavy atom. The number of allylic oxidation sites excluding steroid dienone is 4. The third-order valence-electron chi connectivity index (χ3n) is 3.67. The molecule has 0 radical (unpaired) electrons. The van der Waals surface area contributed by atoms with E-state index >= 15 is 0 Å². The maximum absolute atomic E-state index is 4.56. The Balaban J connectivity index is 2.62. The van der Waals surface area contributed by atoms with Crippen LogP contribution in [0.25, 0.3) is 11.2 Å². The van der Waals surface area contributed by atoms with E-state index < -0.39 is 0 Å². The minimum absolute atomic E-state index is 0.700. The topological polar surface area (TPSA) is 45.8 Å². The molecule has 2 aromatic heterocycles. The molecule has 0 atom stereocenters. The largest absolute Gasteiger partial charge is 0.375 e. The summed E-state index contributed by atoms with van der Waals surface area (Å²) in [4.78, 5) is 11.0. The van der Waals surface area contributed by atoms with Crippen LogP contribution >= 0.6 is 0 Å². The summed E-state index contributed by atoms with van der Waals surface area (Å²) in [5, 5.41) is 4.42. The Morgan fingerprint density at radius 1 is 1.30 bits per heavy atom. The van der Waals surface area contributed by atoms with Crippen LogP contribution in [0.3, 0.4) is 0 Å². The molecule has 0 saturated heterocycles. The number of aromatic nitrogens is 3. The molecule has 0 amide bonds. The molecule has 120 valence electrons. The molecule has 0 spiro atoms. The number of rotatable bonds is 6. The summed E-state index contributed by atoms with van der Waals surface area (Å²) >= 11 is 0. The van der Waals surface area contributed by atoms with E-state index in [1.165, 1.54) is 0 Å². The first kappa shape index (κ1) is 16.7. The maximum Gasteiger partial charge on any atom is 0.162 e. The van der Waals surface area contributed by atoms with Gasteiger partial charge in [0.2, 0.25) is 0 Å². The van der Waals surface area contributed by atoms with E-state index in [1.807, 2.05) is 57.5 Å². The summed E-state index contributed by atoms with van der Waals surface area (Å²) in [6.07, 6.45) is 9.20. The average molecular weight is 309 g/mol. The lowest BCUT2D eigenvalue weighted by Crippen LogP contribution is -2.10. The second-order valence-corrected chi connectivity index (χ2v) is 5.34. The van der Waals surface area contributed by atoms with Crippen molar-refractivity contribution in [1.82, 2.24) is 14.6 Å². The van der Waals surface area contributed by atoms with E-state index in [0.717, 1.165) is 33.8 Å². The molecule has 0 bridgehead atoms. The summed E-state index contributed by atoms with van der Waals surface area (Å²) in [5.41, 5.74) is 5.60. The van der Waals surface area contributed by atoms with Crippen LogP contribution in [-0.2, 0) is 0 Å². The first-order chi connectivity index (χ1) is 11.0. The van der Waals surface area contributed by atoms with E-state index in [4.69, 9.17) is 0 Å². The maximum atomic E-state index is 4.56. The molecule has 2 aromatic rings. The van der Waals surface area contributed by atoms with Crippen LogP contribution in [0.5, 0.6) is 0 Å². The molecule has 2 heterocycles. The van der Waals surface area contributed by atoms with Crippen molar-refractivity contribution in [2.24, 2.45) is 4.99 Å². The van der Waals surface area contributed by atoms with Crippen molar-refractivity contribution in [3.8, 4) is 0 Å². The van der Waals surface area contributed by atoms with Crippen LogP contribution in [0.4, 0.5) is 5.69 Å². The Morgan fingerprint density at radius 2 is 2.04 bits per heavy atom. The normalized spacial score (nSPS) is 13.0. The zero-order valence-electron chi connectivity index (χ0n) is 14.2. The van der Waals surface area contributed by atoms with Gasteiger partial charge in [-0.1, -0.05) is 19.2 Å². The highest BCUT2D eigenvalue weighted by Crippen LogP contribution is 2.24. The van der Waals surface area contributed by atoms with Gasteiger partial charge in [0.1, 0.15) is 0 Å². The van der Waals surface area contributed by atoms with Gasteiger partial charge in [-0.3, -0.25) is 4.99 Å². The summed E-state index contributed by atoms with van der Waals surface area (Å²) in [6.45, 7) is 12.5. The molecule has 0 aliphatic rings. The van der Waals surface area contributed by atoms with Crippen LogP contribution < -0.4 is 4.90 Å². The zero-order valence-corrected chi connectivity index (χ0v) is 14.2. The lowest BCUT2D eigenvalue weighted by molar-refractivity contribution is 0.926. The fourth-order valence-corrected chi connectivity index (χ4v) is 2.39. The van der Waals surface area contributed by atoms with Gasteiger partial charge in [0.15, 0.2) is 5.65 Å². The molecule has 0 N–H and O–H groups in total. The number of fused-ring (bicyclic) bond motifs is 1. The Bertz CT molecular complexity index is 793. The molecule has 0 fully saturated rings. The third-order valence-corrected chi connectivity index (χ3v) is 3.67. The van der Waals surface area contributed by atoms with Crippen LogP contribution in [0.1, 0.15) is 19.4 Å². The molecule has 0 aliphatic heterocycles. The number of aliphatic imine (C=N–C) groups is 1. The fourth-order valence-electron chi connectivity index (χ4n) is 2.39. The summed E-state index contributed by atoms with van der Waals surface area (Å²) < 4.78 is 1.79. The number of anilines is 1. The first-order valence-electron chi connectivity index (χ1n) is 7.55. The van der Waals surface area contributed by atoms with Crippen molar-refractivity contribution >= 4 is 22.6 Å². The van der Waals surface area contributed by atoms with Gasteiger partial charge in [0, 0.05) is 31.8 Å². The lowest BCUT2D eigenvalue weighted by Gasteiger charge is -2.12. The Hall–Kier alpha value is -2.69. The SMILES string of the molecule is C=CC(=N/CC)/C(C=C)=C(\C)c1cnn2cc(N(C)C)cnc12. The van der Waals surface area contributed by atoms with Crippen molar-refractivity contribution in [3.63, 3.8) is 0 Å². The van der Waals surface area contributed by atoms with Crippen molar-refractivity contribution in [1.29, 1.82) is 0 Å². The van der Waals surface area contributed by atoms with Gasteiger partial charge in [0.25, 0.3) is 0 Å². The number of nitrogens with zero attached hydrogens (tertiary/aromatic N) is 5. The zero-order chi connectivity index (χ0) is 17.0. The molecule has 5 heteroatoms. The Labute approximate surface area is 137 Å². The van der Waals surface area contributed by atoms with E-state index in [-0.39, 0.29) is 0 Å². The van der Waals surface area contributed by atoms with Gasteiger partial charge in [-0.15, -0.1) is 0 Å². The highest BCUT2D eigenvalue weighted by molar-refractivity contribution is 6.15. The van der Waals surface area contributed by atoms with Gasteiger partial charge >= 0.3 is 0 Å². The van der Waals surface area contributed by atoms with Gasteiger partial charge in [0.05, 0.1) is 30.0 Å². The van der Waals surface area contributed by atoms with Crippen LogP contribution in [-0.4, -0.2) is 40.9 Å². The Kier molecular flexibility index (Phi) is 5.11. The molecular weight excluding hydrogens is 286 g/mol. The third kappa shape index (κ3) is 3.23. The highest BCUT2D eigenvalue weighted by Gasteiger charge is 2.13. The van der Waals surface area contributed by atoms with Crippen molar-refractivity contribution in [2.75, 3.05) is 25.5 Å². The van der Waals surface area contributed by atoms with Crippen molar-refractivity contribution < 1.29 is 0 Å². The minimum Gasteiger partial charge on any atom is -0.375 e. The van der Waals surface area contributed by atoms with Crippen LogP contribution in [0.2, 0.25) is 0 Å². The lowest BCUT2D eigenvalue weighted by atomic mass is 9.99. The molecule has 0 unspecified atom stereocenters. The van der Waals surface area contributed by atoms with E-state index in [2.05, 4.69) is 28.2 Å². The predicted octanol–water partition coefficient (Wildman–Crippen LogP) is 3.40. The minimum atomic E-state index is 0.700. The summed E-state index contributed by atoms with van der Waals surface area (Å²) in [7, 11) is 3.96. The molecule has 0 aliphatic carbocycles. The van der Waals surface area contributed by atoms with Crippen molar-refractivity contribution in [3.05, 3.63) is 55.0 Å². The summed E-state index contributed by atoms with van der Waals surface area (Å²) in [6, 6.07) is 0. The van der Waals surface area contributed by atoms with Gasteiger partial charge in [-0.2, -0.15) is 5.10 Å². The van der Waals surface area contributed by atoms with Gasteiger partial charge < -0.3 is 4.90 Å². The number of hydrogen-bond acceptors (Lipinski definition) is 4. The standard InChI is InChI=1S/C18H23N5/c1-7-15(17(8-2)19-9-3)13(4)16-11-21-23-12-14(22(5)6)10-20-18(16)23/h7-8,10-12H,1-2,9H2,3-6H3/b15-13+,19-17-. The number of hydrogen-bond donors (Lipinski definition) is 0. The van der Waals surface area contributed by atoms with Gasteiger partial charge in [-0.05, 0) is 25.5 Å². The average Bonchev–Trinajstić information content (AvgIpc) is 2.97. The monoisotopic (exact) mass is 309 g/mol. The van der Waals surface area contributed by atoms with Crippen LogP contribution in [0, 0.1) is 0 Å². The van der Waals surface area contributed by atoms with Gasteiger partial charge in [-0.25, -0.2) is 9.50 Å². The molecule has 0 saturated carbocycles. The fraction of sp³-hybridized carbons (Fsp3) is 0.278. The van der Waals surface area contributed by atoms with E-state index in [0.29, 0.717) is 6.54 Å². The second-order valence-electron chi connectivity index (χ2n) is 5.34. The van der Waals surface area contributed by atoms with E-state index in [1.54, 1.807) is 10.6 Å². The molecular formula is C18H23N5. The van der Waals surface area contributed by atoms with Crippen molar-refractivity contribution in [2.45, 2.75) is 13.8 Å². The second kappa shape index (κ2) is 7.05. The van der Waals surface area contributed by atoms with E-state index in [9.17, 15) is 0 Å². The molecule has 5 nitrogen and oxygen atoms in total. The molecule has 0 aromatic carbocycles. The quantitative estimate of drug-likeness (QED) is 0.607. The molecule has 2 rings (SSSR count). The van der Waals surface area contributed by atoms with Crippen LogP contribution in [0.15, 0.2) is 54.5 Å². The predicted molar refractivity (Wildman–Crippen MR) is 98.3 cm³/mol. The first-order valence-corrected chi connectivity index (χ1v) is 7.55. The highest BCUT2D eigenvalue weighted by atomic mass is 15.3. The summed E-state index contributed by atoms with van der Waals surface area (Å²) in [5.74, 6) is 0.